The molecule has 0 radical (unpaired) electrons. The lowest BCUT2D eigenvalue weighted by Gasteiger charge is -2.24. The first kappa shape index (κ1) is 11.6. The van der Waals surface area contributed by atoms with Crippen LogP contribution in [-0.2, 0) is 0 Å². The molecule has 0 N–H and O–H groups in total. The van der Waals surface area contributed by atoms with E-state index in [2.05, 4.69) is 0 Å². The number of hydrogen-bond acceptors (Lipinski definition) is 1. The van der Waals surface area contributed by atoms with Crippen LogP contribution in [0.4, 0.5) is 26.3 Å². The standard InChI is InChI=1S/C4BrF6N/c5-2(6,1-12)3(7,8)4(9,10)11. The van der Waals surface area contributed by atoms with E-state index in [0.29, 0.717) is 0 Å². The minimum atomic E-state index is -6.10. The average molecular weight is 256 g/mol. The van der Waals surface area contributed by atoms with Crippen LogP contribution in [0.5, 0.6) is 0 Å². The zero-order chi connectivity index (χ0) is 10.2. The van der Waals surface area contributed by atoms with E-state index < -0.39 is 16.7 Å². The van der Waals surface area contributed by atoms with Crippen molar-refractivity contribution in [2.75, 3.05) is 0 Å². The summed E-state index contributed by atoms with van der Waals surface area (Å²) in [4.78, 5) is 0. The second-order valence-electron chi connectivity index (χ2n) is 1.76. The third-order valence-electron chi connectivity index (χ3n) is 0.891. The van der Waals surface area contributed by atoms with Gasteiger partial charge in [0.2, 0.25) is 0 Å². The van der Waals surface area contributed by atoms with Crippen LogP contribution in [-0.4, -0.2) is 16.7 Å². The summed E-state index contributed by atoms with van der Waals surface area (Å²) in [7, 11) is 0. The highest BCUT2D eigenvalue weighted by atomic mass is 79.9. The van der Waals surface area contributed by atoms with Crippen molar-refractivity contribution in [3.05, 3.63) is 0 Å². The molecule has 0 fully saturated rings. The van der Waals surface area contributed by atoms with Crippen LogP contribution in [0.3, 0.4) is 0 Å². The minimum Gasteiger partial charge on any atom is -0.207 e. The van der Waals surface area contributed by atoms with Gasteiger partial charge in [-0.3, -0.25) is 0 Å². The van der Waals surface area contributed by atoms with E-state index in [4.69, 9.17) is 5.26 Å². The molecule has 0 rings (SSSR count). The zero-order valence-electron chi connectivity index (χ0n) is 5.09. The molecule has 0 aliphatic carbocycles. The molecule has 0 saturated heterocycles. The predicted octanol–water partition coefficient (Wildman–Crippen LogP) is 2.77. The molecular formula is C4BrF6N. The van der Waals surface area contributed by atoms with E-state index in [1.54, 1.807) is 0 Å². The Morgan fingerprint density at radius 2 is 1.33 bits per heavy atom. The van der Waals surface area contributed by atoms with Gasteiger partial charge in [0.1, 0.15) is 6.07 Å². The number of nitrogens with zero attached hydrogens (tertiary/aromatic N) is 1. The van der Waals surface area contributed by atoms with Crippen LogP contribution < -0.4 is 0 Å². The van der Waals surface area contributed by atoms with Gasteiger partial charge in [-0.15, -0.1) is 0 Å². The van der Waals surface area contributed by atoms with Gasteiger partial charge in [0.15, 0.2) is 0 Å². The molecule has 1 atom stereocenters. The van der Waals surface area contributed by atoms with Crippen LogP contribution in [0.25, 0.3) is 0 Å². The number of halogens is 7. The molecule has 0 bridgehead atoms. The van der Waals surface area contributed by atoms with Crippen molar-refractivity contribution in [2.45, 2.75) is 16.7 Å². The first-order valence-electron chi connectivity index (χ1n) is 2.30. The number of alkyl halides is 7. The molecule has 1 nitrogen and oxygen atoms in total. The predicted molar refractivity (Wildman–Crippen MR) is 29.4 cm³/mol. The van der Waals surface area contributed by atoms with Crippen LogP contribution in [0, 0.1) is 11.3 Å². The summed E-state index contributed by atoms with van der Waals surface area (Å²) in [6.45, 7) is 0. The second kappa shape index (κ2) is 2.80. The summed E-state index contributed by atoms with van der Waals surface area (Å²) in [6, 6.07) is 0.168. The Morgan fingerprint density at radius 1 is 1.00 bits per heavy atom. The van der Waals surface area contributed by atoms with Gasteiger partial charge in [-0.05, 0) is 15.9 Å². The molecule has 0 aliphatic heterocycles. The molecule has 0 aromatic carbocycles. The van der Waals surface area contributed by atoms with Gasteiger partial charge in [-0.25, -0.2) is 4.39 Å². The smallest absolute Gasteiger partial charge is 0.207 e. The topological polar surface area (TPSA) is 23.8 Å². The first-order valence-corrected chi connectivity index (χ1v) is 3.09. The van der Waals surface area contributed by atoms with Crippen LogP contribution in [0.15, 0.2) is 0 Å². The lowest BCUT2D eigenvalue weighted by atomic mass is 10.2. The van der Waals surface area contributed by atoms with E-state index >= 15 is 0 Å². The quantitative estimate of drug-likeness (QED) is 0.522. The fraction of sp³-hybridized carbons (Fsp3) is 0.750. The fourth-order valence-electron chi connectivity index (χ4n) is 0.248. The highest BCUT2D eigenvalue weighted by molar-refractivity contribution is 9.10. The normalized spacial score (nSPS) is 18.2. The third-order valence-corrected chi connectivity index (χ3v) is 1.57. The van der Waals surface area contributed by atoms with Gasteiger partial charge in [-0.1, -0.05) is 0 Å². The maximum Gasteiger partial charge on any atom is 0.459 e. The largest absolute Gasteiger partial charge is 0.459 e. The second-order valence-corrected chi connectivity index (χ2v) is 2.85. The van der Waals surface area contributed by atoms with E-state index in [1.807, 2.05) is 0 Å². The fourth-order valence-corrected chi connectivity index (χ4v) is 0.473. The molecule has 70 valence electrons. The first-order chi connectivity index (χ1) is 5.06. The summed E-state index contributed by atoms with van der Waals surface area (Å²) < 4.78 is 65.7. The Hall–Kier alpha value is -0.450. The maximum atomic E-state index is 12.2. The average Bonchev–Trinajstić information content (AvgIpc) is 1.85. The molecule has 0 saturated carbocycles. The summed E-state index contributed by atoms with van der Waals surface area (Å²) in [6.07, 6.45) is -6.10. The van der Waals surface area contributed by atoms with Crippen molar-refractivity contribution in [1.29, 1.82) is 5.26 Å². The summed E-state index contributed by atoms with van der Waals surface area (Å²) in [5.74, 6) is -5.73. The van der Waals surface area contributed by atoms with Gasteiger partial charge in [-0.2, -0.15) is 27.2 Å². The Morgan fingerprint density at radius 3 is 1.42 bits per heavy atom. The van der Waals surface area contributed by atoms with E-state index in [-0.39, 0.29) is 6.07 Å². The molecule has 0 aromatic rings. The number of rotatable bonds is 1. The number of hydrogen-bond donors (Lipinski definition) is 0. The molecule has 0 heterocycles. The van der Waals surface area contributed by atoms with Crippen LogP contribution in [0.2, 0.25) is 0 Å². The van der Waals surface area contributed by atoms with Crippen molar-refractivity contribution < 1.29 is 26.3 Å². The zero-order valence-corrected chi connectivity index (χ0v) is 6.68. The molecule has 1 unspecified atom stereocenters. The molecule has 0 amide bonds. The van der Waals surface area contributed by atoms with Crippen LogP contribution in [0.1, 0.15) is 0 Å². The number of nitriles is 1. The van der Waals surface area contributed by atoms with E-state index in [1.165, 1.54) is 15.9 Å². The Bertz CT molecular complexity index is 213. The van der Waals surface area contributed by atoms with Crippen molar-refractivity contribution in [3.63, 3.8) is 0 Å². The van der Waals surface area contributed by atoms with Crippen molar-refractivity contribution in [2.24, 2.45) is 0 Å². The van der Waals surface area contributed by atoms with Crippen molar-refractivity contribution in [1.82, 2.24) is 0 Å². The Kier molecular flexibility index (Phi) is 2.69. The summed E-state index contributed by atoms with van der Waals surface area (Å²) >= 11 is 1.34. The maximum absolute atomic E-state index is 12.2. The lowest BCUT2D eigenvalue weighted by Crippen LogP contribution is -2.50. The summed E-state index contributed by atoms with van der Waals surface area (Å²) in [5, 5.41) is 7.64. The molecular weight excluding hydrogens is 256 g/mol. The minimum absolute atomic E-state index is 0.168. The van der Waals surface area contributed by atoms with Crippen LogP contribution >= 0.6 is 15.9 Å². The summed E-state index contributed by atoms with van der Waals surface area (Å²) in [5.41, 5.74) is 0. The van der Waals surface area contributed by atoms with Gasteiger partial charge in [0.05, 0.1) is 0 Å². The highest BCUT2D eigenvalue weighted by Gasteiger charge is 2.71. The van der Waals surface area contributed by atoms with Crippen molar-refractivity contribution in [3.8, 4) is 6.07 Å². The highest BCUT2D eigenvalue weighted by Crippen LogP contribution is 2.48. The monoisotopic (exact) mass is 255 g/mol. The molecule has 0 spiro atoms. The Balaban J connectivity index is 5.02. The molecule has 0 aromatic heterocycles. The third kappa shape index (κ3) is 1.65. The Labute approximate surface area is 71.1 Å². The molecule has 12 heavy (non-hydrogen) atoms. The van der Waals surface area contributed by atoms with E-state index in [9.17, 15) is 26.3 Å². The van der Waals surface area contributed by atoms with E-state index in [0.717, 1.165) is 0 Å². The molecule has 8 heteroatoms. The van der Waals surface area contributed by atoms with Crippen molar-refractivity contribution >= 4 is 15.9 Å². The van der Waals surface area contributed by atoms with Gasteiger partial charge < -0.3 is 0 Å². The van der Waals surface area contributed by atoms with Gasteiger partial charge >= 0.3 is 16.7 Å². The van der Waals surface area contributed by atoms with Gasteiger partial charge in [0.25, 0.3) is 0 Å². The van der Waals surface area contributed by atoms with Gasteiger partial charge in [0, 0.05) is 0 Å². The lowest BCUT2D eigenvalue weighted by molar-refractivity contribution is -0.300. The molecule has 0 aliphatic rings. The SMILES string of the molecule is N#CC(F)(Br)C(F)(F)C(F)(F)F.